The first-order chi connectivity index (χ1) is 9.70. The van der Waals surface area contributed by atoms with Crippen molar-refractivity contribution in [3.05, 3.63) is 33.8 Å². The molecule has 0 amide bonds. The van der Waals surface area contributed by atoms with Crippen LogP contribution in [-0.2, 0) is 4.74 Å². The van der Waals surface area contributed by atoms with Crippen LogP contribution in [0.1, 0.15) is 44.2 Å². The number of ether oxygens (including phenoxy) is 1. The summed E-state index contributed by atoms with van der Waals surface area (Å²) in [6.07, 6.45) is 4.59. The molecule has 1 fully saturated rings. The molecule has 1 saturated heterocycles. The molecule has 1 aromatic rings. The molecule has 112 valence electrons. The lowest BCUT2D eigenvalue weighted by Crippen LogP contribution is -2.27. The Bertz CT molecular complexity index is 419. The molecule has 1 N–H and O–H groups in total. The molecule has 1 atom stereocenters. The van der Waals surface area contributed by atoms with E-state index >= 15 is 0 Å². The Balaban J connectivity index is 2.06. The molecule has 0 bridgehead atoms. The van der Waals surface area contributed by atoms with Gasteiger partial charge in [-0.3, -0.25) is 0 Å². The molecule has 2 nitrogen and oxygen atoms in total. The Morgan fingerprint density at radius 1 is 1.25 bits per heavy atom. The fourth-order valence-corrected chi connectivity index (χ4v) is 3.01. The highest BCUT2D eigenvalue weighted by Crippen LogP contribution is 2.31. The second-order valence-corrected chi connectivity index (χ2v) is 6.29. The van der Waals surface area contributed by atoms with Crippen molar-refractivity contribution in [1.29, 1.82) is 0 Å². The van der Waals surface area contributed by atoms with Gasteiger partial charge in [0.05, 0.1) is 10.0 Å². The molecular formula is C16H23Cl2NO. The van der Waals surface area contributed by atoms with Crippen LogP contribution in [0, 0.1) is 5.92 Å². The smallest absolute Gasteiger partial charge is 0.0595 e. The fraction of sp³-hybridized carbons (Fsp3) is 0.625. The van der Waals surface area contributed by atoms with Crippen molar-refractivity contribution < 1.29 is 4.74 Å². The zero-order valence-corrected chi connectivity index (χ0v) is 13.5. The normalized spacial score (nSPS) is 18.1. The number of benzene rings is 1. The van der Waals surface area contributed by atoms with Gasteiger partial charge in [0.15, 0.2) is 0 Å². The number of halogens is 2. The molecule has 0 aliphatic carbocycles. The van der Waals surface area contributed by atoms with Gasteiger partial charge in [0.2, 0.25) is 0 Å². The lowest BCUT2D eigenvalue weighted by atomic mass is 9.89. The van der Waals surface area contributed by atoms with Crippen LogP contribution in [0.15, 0.2) is 18.2 Å². The van der Waals surface area contributed by atoms with Gasteiger partial charge >= 0.3 is 0 Å². The fourth-order valence-electron chi connectivity index (χ4n) is 2.70. The van der Waals surface area contributed by atoms with Gasteiger partial charge in [0.1, 0.15) is 0 Å². The molecule has 2 rings (SSSR count). The lowest BCUT2D eigenvalue weighted by molar-refractivity contribution is 0.0605. The van der Waals surface area contributed by atoms with E-state index in [9.17, 15) is 0 Å². The largest absolute Gasteiger partial charge is 0.381 e. The monoisotopic (exact) mass is 315 g/mol. The van der Waals surface area contributed by atoms with Crippen LogP contribution in [0.25, 0.3) is 0 Å². The van der Waals surface area contributed by atoms with Crippen LogP contribution in [-0.4, -0.2) is 19.8 Å². The third kappa shape index (κ3) is 4.63. The number of hydrogen-bond donors (Lipinski definition) is 1. The van der Waals surface area contributed by atoms with E-state index in [0.717, 1.165) is 51.4 Å². The molecule has 0 spiro atoms. The van der Waals surface area contributed by atoms with E-state index in [-0.39, 0.29) is 0 Å². The summed E-state index contributed by atoms with van der Waals surface area (Å²) in [5, 5.41) is 4.90. The molecular weight excluding hydrogens is 293 g/mol. The zero-order valence-electron chi connectivity index (χ0n) is 12.0. The van der Waals surface area contributed by atoms with Crippen molar-refractivity contribution in [1.82, 2.24) is 5.32 Å². The summed E-state index contributed by atoms with van der Waals surface area (Å²) >= 11 is 12.2. The van der Waals surface area contributed by atoms with E-state index in [1.54, 1.807) is 0 Å². The quantitative estimate of drug-likeness (QED) is 0.810. The second kappa shape index (κ2) is 8.23. The van der Waals surface area contributed by atoms with Gasteiger partial charge in [-0.2, -0.15) is 0 Å². The summed E-state index contributed by atoms with van der Waals surface area (Å²) in [5.41, 5.74) is 1.24. The molecule has 1 aliphatic heterocycles. The first-order valence-electron chi connectivity index (χ1n) is 7.46. The van der Waals surface area contributed by atoms with E-state index in [0.29, 0.717) is 16.1 Å². The molecule has 1 heterocycles. The Morgan fingerprint density at radius 2 is 2.00 bits per heavy atom. The molecule has 1 unspecified atom stereocenters. The Hall–Kier alpha value is -0.280. The second-order valence-electron chi connectivity index (χ2n) is 5.47. The first kappa shape index (κ1) is 16.1. The predicted molar refractivity (Wildman–Crippen MR) is 85.7 cm³/mol. The standard InChI is InChI=1S/C16H23Cl2NO/c1-2-7-19-16(10-12-5-8-20-9-6-12)13-3-4-14(17)15(18)11-13/h3-4,11-12,16,19H,2,5-10H2,1H3. The van der Waals surface area contributed by atoms with Crippen LogP contribution in [0.5, 0.6) is 0 Å². The average molecular weight is 316 g/mol. The maximum Gasteiger partial charge on any atom is 0.0595 e. The van der Waals surface area contributed by atoms with Gasteiger partial charge in [-0.15, -0.1) is 0 Å². The first-order valence-corrected chi connectivity index (χ1v) is 8.22. The Morgan fingerprint density at radius 3 is 2.65 bits per heavy atom. The minimum absolute atomic E-state index is 0.354. The minimum Gasteiger partial charge on any atom is -0.381 e. The molecule has 0 saturated carbocycles. The summed E-state index contributed by atoms with van der Waals surface area (Å²) in [4.78, 5) is 0. The van der Waals surface area contributed by atoms with Crippen LogP contribution in [0.4, 0.5) is 0 Å². The SMILES string of the molecule is CCCNC(CC1CCOCC1)c1ccc(Cl)c(Cl)c1. The molecule has 1 aromatic carbocycles. The highest BCUT2D eigenvalue weighted by molar-refractivity contribution is 6.42. The van der Waals surface area contributed by atoms with Gasteiger partial charge in [0, 0.05) is 19.3 Å². The highest BCUT2D eigenvalue weighted by Gasteiger charge is 2.20. The molecule has 4 heteroatoms. The summed E-state index contributed by atoms with van der Waals surface area (Å²) in [6, 6.07) is 6.33. The van der Waals surface area contributed by atoms with Crippen LogP contribution in [0.3, 0.4) is 0 Å². The average Bonchev–Trinajstić information content (AvgIpc) is 2.47. The third-order valence-electron chi connectivity index (χ3n) is 3.90. The molecule has 0 aromatic heterocycles. The summed E-state index contributed by atoms with van der Waals surface area (Å²) in [6.45, 7) is 5.00. The van der Waals surface area contributed by atoms with Crippen molar-refractivity contribution in [2.45, 2.75) is 38.6 Å². The highest BCUT2D eigenvalue weighted by atomic mass is 35.5. The van der Waals surface area contributed by atoms with Gasteiger partial charge in [-0.1, -0.05) is 36.2 Å². The third-order valence-corrected chi connectivity index (χ3v) is 4.64. The van der Waals surface area contributed by atoms with Crippen LogP contribution in [0.2, 0.25) is 10.0 Å². The van der Waals surface area contributed by atoms with E-state index in [4.69, 9.17) is 27.9 Å². The predicted octanol–water partition coefficient (Wildman–Crippen LogP) is 4.85. The molecule has 20 heavy (non-hydrogen) atoms. The van der Waals surface area contributed by atoms with Gasteiger partial charge in [-0.25, -0.2) is 0 Å². The number of hydrogen-bond acceptors (Lipinski definition) is 2. The van der Waals surface area contributed by atoms with E-state index in [2.05, 4.69) is 18.3 Å². The number of nitrogens with one attached hydrogen (secondary N) is 1. The van der Waals surface area contributed by atoms with Crippen molar-refractivity contribution in [2.75, 3.05) is 19.8 Å². The molecule has 1 aliphatic rings. The summed E-state index contributed by atoms with van der Waals surface area (Å²) in [7, 11) is 0. The Kier molecular flexibility index (Phi) is 6.63. The van der Waals surface area contributed by atoms with Crippen molar-refractivity contribution in [2.24, 2.45) is 5.92 Å². The van der Waals surface area contributed by atoms with Crippen molar-refractivity contribution >= 4 is 23.2 Å². The summed E-state index contributed by atoms with van der Waals surface area (Å²) < 4.78 is 5.44. The summed E-state index contributed by atoms with van der Waals surface area (Å²) in [5.74, 6) is 0.729. The van der Waals surface area contributed by atoms with Gasteiger partial charge < -0.3 is 10.1 Å². The maximum absolute atomic E-state index is 6.15. The topological polar surface area (TPSA) is 21.3 Å². The van der Waals surface area contributed by atoms with E-state index in [1.165, 1.54) is 5.56 Å². The van der Waals surface area contributed by atoms with Crippen molar-refractivity contribution in [3.63, 3.8) is 0 Å². The van der Waals surface area contributed by atoms with Crippen molar-refractivity contribution in [3.8, 4) is 0 Å². The number of rotatable bonds is 6. The van der Waals surface area contributed by atoms with Gasteiger partial charge in [0.25, 0.3) is 0 Å². The van der Waals surface area contributed by atoms with Gasteiger partial charge in [-0.05, 0) is 55.8 Å². The maximum atomic E-state index is 6.15. The lowest BCUT2D eigenvalue weighted by Gasteiger charge is -2.28. The molecule has 0 radical (unpaired) electrons. The minimum atomic E-state index is 0.354. The van der Waals surface area contributed by atoms with Crippen LogP contribution < -0.4 is 5.32 Å². The Labute approximate surface area is 131 Å². The zero-order chi connectivity index (χ0) is 14.4. The van der Waals surface area contributed by atoms with E-state index < -0.39 is 0 Å². The van der Waals surface area contributed by atoms with Crippen LogP contribution >= 0.6 is 23.2 Å². The van der Waals surface area contributed by atoms with E-state index in [1.807, 2.05) is 12.1 Å².